The molecule has 0 saturated carbocycles. The second-order valence-corrected chi connectivity index (χ2v) is 6.29. The van der Waals surface area contributed by atoms with Gasteiger partial charge < -0.3 is 10.1 Å². The molecule has 126 valence electrons. The van der Waals surface area contributed by atoms with E-state index in [-0.39, 0.29) is 17.3 Å². The summed E-state index contributed by atoms with van der Waals surface area (Å²) in [7, 11) is 0. The lowest BCUT2D eigenvalue weighted by Crippen LogP contribution is -2.20. The molecule has 1 N–H and O–H groups in total. The lowest BCUT2D eigenvalue weighted by molar-refractivity contribution is -0.149. The maximum atomic E-state index is 12.5. The average molecular weight is 351 g/mol. The van der Waals surface area contributed by atoms with Crippen LogP contribution >= 0.6 is 11.6 Å². The van der Waals surface area contributed by atoms with Gasteiger partial charge in [-0.15, -0.1) is 0 Å². The SMILES string of the molecule is CC1(C)C[C@H](CC(=O)Nc2ncc(C(F)(F)F)cc2Cl)C(=O)O1. The molecule has 0 bridgehead atoms. The van der Waals surface area contributed by atoms with Gasteiger partial charge in [-0.1, -0.05) is 11.6 Å². The molecule has 1 amide bonds. The summed E-state index contributed by atoms with van der Waals surface area (Å²) in [5, 5.41) is 1.98. The number of carbonyl (C=O) groups is 2. The summed E-state index contributed by atoms with van der Waals surface area (Å²) in [5.74, 6) is -1.83. The molecule has 0 aliphatic carbocycles. The molecule has 0 spiro atoms. The van der Waals surface area contributed by atoms with Gasteiger partial charge >= 0.3 is 12.1 Å². The fourth-order valence-corrected chi connectivity index (χ4v) is 2.53. The summed E-state index contributed by atoms with van der Waals surface area (Å²) in [4.78, 5) is 27.1. The zero-order valence-electron chi connectivity index (χ0n) is 12.3. The smallest absolute Gasteiger partial charge is 0.417 e. The quantitative estimate of drug-likeness (QED) is 0.848. The average Bonchev–Trinajstić information content (AvgIpc) is 2.63. The van der Waals surface area contributed by atoms with E-state index in [0.717, 1.165) is 0 Å². The van der Waals surface area contributed by atoms with Gasteiger partial charge in [-0.2, -0.15) is 13.2 Å². The van der Waals surface area contributed by atoms with Gasteiger partial charge in [0.1, 0.15) is 5.60 Å². The molecule has 1 saturated heterocycles. The number of hydrogen-bond acceptors (Lipinski definition) is 4. The van der Waals surface area contributed by atoms with E-state index in [4.69, 9.17) is 16.3 Å². The van der Waals surface area contributed by atoms with Crippen molar-refractivity contribution >= 4 is 29.3 Å². The van der Waals surface area contributed by atoms with Crippen molar-refractivity contribution < 1.29 is 27.5 Å². The molecule has 0 radical (unpaired) electrons. The number of amides is 1. The van der Waals surface area contributed by atoms with E-state index in [1.54, 1.807) is 13.8 Å². The fraction of sp³-hybridized carbons (Fsp3) is 0.500. The molecule has 1 atom stereocenters. The molecule has 5 nitrogen and oxygen atoms in total. The van der Waals surface area contributed by atoms with Crippen LogP contribution in [0.25, 0.3) is 0 Å². The highest BCUT2D eigenvalue weighted by Gasteiger charge is 2.41. The number of ether oxygens (including phenoxy) is 1. The van der Waals surface area contributed by atoms with E-state index in [1.165, 1.54) is 0 Å². The molecule has 0 aromatic carbocycles. The summed E-state index contributed by atoms with van der Waals surface area (Å²) >= 11 is 5.70. The third kappa shape index (κ3) is 4.34. The second-order valence-electron chi connectivity index (χ2n) is 5.89. The summed E-state index contributed by atoms with van der Waals surface area (Å²) < 4.78 is 42.6. The van der Waals surface area contributed by atoms with Crippen LogP contribution in [0.15, 0.2) is 12.3 Å². The fourth-order valence-electron chi connectivity index (χ4n) is 2.32. The third-order valence-corrected chi connectivity index (χ3v) is 3.59. The number of nitrogens with zero attached hydrogens (tertiary/aromatic N) is 1. The first-order chi connectivity index (χ1) is 10.5. The highest BCUT2D eigenvalue weighted by Crippen LogP contribution is 2.34. The molecule has 1 aromatic rings. The van der Waals surface area contributed by atoms with Crippen molar-refractivity contribution in [1.82, 2.24) is 4.98 Å². The Morgan fingerprint density at radius 1 is 1.52 bits per heavy atom. The van der Waals surface area contributed by atoms with Crippen molar-refractivity contribution in [2.45, 2.75) is 38.5 Å². The van der Waals surface area contributed by atoms with Gasteiger partial charge in [-0.3, -0.25) is 9.59 Å². The molecule has 1 aromatic heterocycles. The molecule has 1 fully saturated rings. The highest BCUT2D eigenvalue weighted by atomic mass is 35.5. The third-order valence-electron chi connectivity index (χ3n) is 3.31. The van der Waals surface area contributed by atoms with Gasteiger partial charge in [0.25, 0.3) is 0 Å². The predicted octanol–water partition coefficient (Wildman–Crippen LogP) is 3.42. The lowest BCUT2D eigenvalue weighted by atomic mass is 9.95. The first-order valence-electron chi connectivity index (χ1n) is 6.73. The van der Waals surface area contributed by atoms with Crippen LogP contribution < -0.4 is 5.32 Å². The van der Waals surface area contributed by atoms with E-state index >= 15 is 0 Å². The zero-order valence-corrected chi connectivity index (χ0v) is 13.1. The number of carbonyl (C=O) groups excluding carboxylic acids is 2. The minimum absolute atomic E-state index is 0.151. The minimum atomic E-state index is -4.57. The van der Waals surface area contributed by atoms with Crippen LogP contribution in [0.4, 0.5) is 19.0 Å². The number of cyclic esters (lactones) is 1. The van der Waals surface area contributed by atoms with E-state index in [9.17, 15) is 22.8 Å². The molecular formula is C14H14ClF3N2O3. The maximum absolute atomic E-state index is 12.5. The molecule has 2 heterocycles. The van der Waals surface area contributed by atoms with Gasteiger partial charge in [0.2, 0.25) is 5.91 Å². The van der Waals surface area contributed by atoms with Crippen molar-refractivity contribution in [3.8, 4) is 0 Å². The Kier molecular flexibility index (Phi) is 4.57. The van der Waals surface area contributed by atoms with Crippen molar-refractivity contribution in [2.24, 2.45) is 5.92 Å². The van der Waals surface area contributed by atoms with Crippen LogP contribution in [-0.4, -0.2) is 22.5 Å². The summed E-state index contributed by atoms with van der Waals surface area (Å²) in [5.41, 5.74) is -1.65. The van der Waals surface area contributed by atoms with Gasteiger partial charge in [0.05, 0.1) is 16.5 Å². The first kappa shape index (κ1) is 17.5. The molecular weight excluding hydrogens is 337 g/mol. The topological polar surface area (TPSA) is 68.3 Å². The molecule has 1 aliphatic rings. The zero-order chi connectivity index (χ0) is 17.4. The largest absolute Gasteiger partial charge is 0.459 e. The van der Waals surface area contributed by atoms with Crippen LogP contribution in [0.5, 0.6) is 0 Å². The van der Waals surface area contributed by atoms with Gasteiger partial charge in [-0.25, -0.2) is 4.98 Å². The molecule has 9 heteroatoms. The van der Waals surface area contributed by atoms with Crippen molar-refractivity contribution in [3.63, 3.8) is 0 Å². The van der Waals surface area contributed by atoms with Gasteiger partial charge in [0, 0.05) is 19.0 Å². The Labute approximate surface area is 135 Å². The minimum Gasteiger partial charge on any atom is -0.459 e. The predicted molar refractivity (Wildman–Crippen MR) is 75.8 cm³/mol. The first-order valence-corrected chi connectivity index (χ1v) is 7.11. The van der Waals surface area contributed by atoms with Gasteiger partial charge in [-0.05, 0) is 19.9 Å². The maximum Gasteiger partial charge on any atom is 0.417 e. The number of anilines is 1. The van der Waals surface area contributed by atoms with Crippen LogP contribution in [0.2, 0.25) is 5.02 Å². The van der Waals surface area contributed by atoms with Crippen molar-refractivity contribution in [2.75, 3.05) is 5.32 Å². The van der Waals surface area contributed by atoms with E-state index < -0.39 is 35.1 Å². The summed E-state index contributed by atoms with van der Waals surface area (Å²) in [6, 6.07) is 0.678. The Hall–Kier alpha value is -1.83. The number of hydrogen-bond donors (Lipinski definition) is 1. The Bertz CT molecular complexity index is 647. The van der Waals surface area contributed by atoms with Crippen LogP contribution in [0.3, 0.4) is 0 Å². The van der Waals surface area contributed by atoms with Crippen molar-refractivity contribution in [1.29, 1.82) is 0 Å². The Morgan fingerprint density at radius 2 is 2.17 bits per heavy atom. The number of nitrogens with one attached hydrogen (secondary N) is 1. The van der Waals surface area contributed by atoms with Crippen LogP contribution in [0.1, 0.15) is 32.3 Å². The lowest BCUT2D eigenvalue weighted by Gasteiger charge is -2.14. The second kappa shape index (κ2) is 5.99. The van der Waals surface area contributed by atoms with Crippen LogP contribution in [0, 0.1) is 5.92 Å². The molecule has 1 aliphatic heterocycles. The number of alkyl halides is 3. The summed E-state index contributed by atoms with van der Waals surface area (Å²) in [6.07, 6.45) is -3.76. The number of rotatable bonds is 3. The number of aromatic nitrogens is 1. The highest BCUT2D eigenvalue weighted by molar-refractivity contribution is 6.33. The normalized spacial score (nSPS) is 20.3. The number of pyridine rings is 1. The monoisotopic (exact) mass is 350 g/mol. The standard InChI is InChI=1S/C14H14ClF3N2O3/c1-13(2)5-7(12(22)23-13)3-10(21)20-11-9(15)4-8(6-19-11)14(16,17)18/h4,6-7H,3,5H2,1-2H3,(H,19,20,21)/t7-/m0/s1. The van der Waals surface area contributed by atoms with E-state index in [0.29, 0.717) is 18.7 Å². The Balaban J connectivity index is 2.02. The Morgan fingerprint density at radius 3 is 2.65 bits per heavy atom. The number of esters is 1. The van der Waals surface area contributed by atoms with E-state index in [2.05, 4.69) is 10.3 Å². The van der Waals surface area contributed by atoms with Crippen LogP contribution in [-0.2, 0) is 20.5 Å². The van der Waals surface area contributed by atoms with E-state index in [1.807, 2.05) is 0 Å². The van der Waals surface area contributed by atoms with Crippen molar-refractivity contribution in [3.05, 3.63) is 22.8 Å². The molecule has 23 heavy (non-hydrogen) atoms. The number of halogens is 4. The molecule has 0 unspecified atom stereocenters. The van der Waals surface area contributed by atoms with Gasteiger partial charge in [0.15, 0.2) is 5.82 Å². The molecule has 2 rings (SSSR count). The summed E-state index contributed by atoms with van der Waals surface area (Å²) in [6.45, 7) is 3.47.